The number of hydrogen-bond donors (Lipinski definition) is 0. The Hall–Kier alpha value is -0.910. The van der Waals surface area contributed by atoms with Crippen LogP contribution >= 0.6 is 0 Å². The summed E-state index contributed by atoms with van der Waals surface area (Å²) >= 11 is 0. The Morgan fingerprint density at radius 2 is 1.39 bits per heavy atom. The van der Waals surface area contributed by atoms with Crippen LogP contribution in [0.15, 0.2) is 24.3 Å². The van der Waals surface area contributed by atoms with E-state index in [2.05, 4.69) is 58.9 Å². The van der Waals surface area contributed by atoms with Gasteiger partial charge in [0.2, 0.25) is 0 Å². The highest BCUT2D eigenvalue weighted by Crippen LogP contribution is 2.20. The lowest BCUT2D eigenvalue weighted by molar-refractivity contribution is -0.936. The first-order chi connectivity index (χ1) is 10.6. The molecule has 1 rings (SSSR count). The molecule has 1 aromatic carbocycles. The van der Waals surface area contributed by atoms with E-state index in [0.717, 1.165) is 0 Å². The summed E-state index contributed by atoms with van der Waals surface area (Å²) < 4.78 is 28.4. The molecule has 0 fully saturated rings. The molecule has 23 heavy (non-hydrogen) atoms. The molecule has 4 nitrogen and oxygen atoms in total. The summed E-state index contributed by atoms with van der Waals surface area (Å²) in [5.74, 6) is 0.682. The second-order valence-corrected chi connectivity index (χ2v) is 7.61. The van der Waals surface area contributed by atoms with Crippen LogP contribution in [0.1, 0.15) is 58.1 Å². The van der Waals surface area contributed by atoms with Gasteiger partial charge in [0.15, 0.2) is 0 Å². The van der Waals surface area contributed by atoms with Crippen LogP contribution in [-0.4, -0.2) is 43.3 Å². The summed E-state index contributed by atoms with van der Waals surface area (Å²) in [5, 5.41) is 0. The van der Waals surface area contributed by atoms with Gasteiger partial charge in [-0.25, -0.2) is 8.42 Å². The minimum absolute atomic E-state index is 0.604. The van der Waals surface area contributed by atoms with Crippen molar-refractivity contribution in [2.45, 2.75) is 53.5 Å². The number of hydrogen-bond acceptors (Lipinski definition) is 3. The van der Waals surface area contributed by atoms with Gasteiger partial charge in [-0.2, -0.15) is 0 Å². The minimum atomic E-state index is -3.92. The number of nitrogens with zero attached hydrogens (tertiary/aromatic N) is 1. The predicted octanol–water partition coefficient (Wildman–Crippen LogP) is 3.74. The van der Waals surface area contributed by atoms with E-state index in [0.29, 0.717) is 12.2 Å². The van der Waals surface area contributed by atoms with Gasteiger partial charge in [-0.15, -0.1) is 0 Å². The van der Waals surface area contributed by atoms with Gasteiger partial charge >= 0.3 is 0 Å². The Morgan fingerprint density at radius 3 is 1.70 bits per heavy atom. The van der Waals surface area contributed by atoms with Gasteiger partial charge < -0.3 is 9.04 Å². The van der Waals surface area contributed by atoms with E-state index in [-0.39, 0.29) is 0 Å². The van der Waals surface area contributed by atoms with Crippen molar-refractivity contribution in [1.29, 1.82) is 0 Å². The second-order valence-electron chi connectivity index (χ2n) is 6.20. The molecule has 0 aromatic heterocycles. The Bertz CT molecular complexity index is 518. The number of benzene rings is 1. The molecule has 1 aromatic rings. The lowest BCUT2D eigenvalue weighted by atomic mass is 9.97. The third-order valence-corrected chi connectivity index (χ3v) is 4.69. The van der Waals surface area contributed by atoms with Gasteiger partial charge in [-0.05, 0) is 38.7 Å². The van der Waals surface area contributed by atoms with Crippen LogP contribution in [0.2, 0.25) is 0 Å². The summed E-state index contributed by atoms with van der Waals surface area (Å²) in [7, 11) is -3.92. The van der Waals surface area contributed by atoms with Gasteiger partial charge in [0.25, 0.3) is 0 Å². The topological polar surface area (TPSA) is 57.2 Å². The van der Waals surface area contributed by atoms with Gasteiger partial charge in [0.1, 0.15) is 6.54 Å². The molecule has 0 heterocycles. The molecule has 0 N–H and O–H groups in total. The lowest BCUT2D eigenvalue weighted by Crippen LogP contribution is -2.46. The average molecular weight is 344 g/mol. The summed E-state index contributed by atoms with van der Waals surface area (Å²) in [6, 6.07) is 9.29. The molecule has 0 saturated heterocycles. The van der Waals surface area contributed by atoms with E-state index >= 15 is 0 Å². The van der Waals surface area contributed by atoms with Gasteiger partial charge in [0, 0.05) is 11.8 Å². The Kier molecular flexibility index (Phi) is 9.66. The van der Waals surface area contributed by atoms with Crippen LogP contribution in [0.4, 0.5) is 0 Å². The van der Waals surface area contributed by atoms with Crippen LogP contribution in [0.3, 0.4) is 0 Å². The second kappa shape index (κ2) is 10.1. The highest BCUT2D eigenvalue weighted by molar-refractivity contribution is 7.84. The minimum Gasteiger partial charge on any atom is -0.748 e. The first-order valence-electron chi connectivity index (χ1n) is 8.45. The Balaban J connectivity index is 0.000000841. The van der Waals surface area contributed by atoms with E-state index in [1.165, 1.54) is 48.2 Å². The molecular weight excluding hydrogens is 310 g/mol. The summed E-state index contributed by atoms with van der Waals surface area (Å²) in [6.45, 7) is 16.3. The zero-order valence-electron chi connectivity index (χ0n) is 15.5. The average Bonchev–Trinajstić information content (AvgIpc) is 2.51. The van der Waals surface area contributed by atoms with Gasteiger partial charge in [-0.1, -0.05) is 38.1 Å². The zero-order valence-corrected chi connectivity index (χ0v) is 16.3. The molecule has 0 saturated carbocycles. The monoisotopic (exact) mass is 343 g/mol. The molecule has 0 bridgehead atoms. The largest absolute Gasteiger partial charge is 0.748 e. The summed E-state index contributed by atoms with van der Waals surface area (Å²) in [4.78, 5) is 0. The van der Waals surface area contributed by atoms with Crippen molar-refractivity contribution in [3.63, 3.8) is 0 Å². The highest BCUT2D eigenvalue weighted by atomic mass is 32.2. The molecule has 1 unspecified atom stereocenters. The molecule has 0 aliphatic carbocycles. The normalized spacial score (nSPS) is 13.2. The van der Waals surface area contributed by atoms with Crippen LogP contribution in [-0.2, 0) is 16.7 Å². The Morgan fingerprint density at radius 1 is 1.00 bits per heavy atom. The van der Waals surface area contributed by atoms with Crippen molar-refractivity contribution in [3.8, 4) is 0 Å². The van der Waals surface area contributed by atoms with Crippen LogP contribution < -0.4 is 0 Å². The maximum atomic E-state index is 9.08. The molecule has 0 spiro atoms. The smallest absolute Gasteiger partial charge is 0.104 e. The maximum Gasteiger partial charge on any atom is 0.104 e. The fourth-order valence-corrected chi connectivity index (χ4v) is 2.58. The summed E-state index contributed by atoms with van der Waals surface area (Å²) in [6.07, 6.45) is 1.82. The number of rotatable bonds is 7. The van der Waals surface area contributed by atoms with E-state index in [4.69, 9.17) is 13.0 Å². The summed E-state index contributed by atoms with van der Waals surface area (Å²) in [5.41, 5.74) is 2.96. The predicted molar refractivity (Wildman–Crippen MR) is 96.4 cm³/mol. The lowest BCUT2D eigenvalue weighted by Gasteiger charge is -2.36. The van der Waals surface area contributed by atoms with Gasteiger partial charge in [0.05, 0.1) is 29.8 Å². The van der Waals surface area contributed by atoms with Crippen molar-refractivity contribution >= 4 is 10.1 Å². The van der Waals surface area contributed by atoms with Crippen molar-refractivity contribution in [2.75, 3.05) is 25.9 Å². The van der Waals surface area contributed by atoms with Crippen molar-refractivity contribution in [3.05, 3.63) is 35.4 Å². The van der Waals surface area contributed by atoms with E-state index in [9.17, 15) is 0 Å². The Labute approximate surface area is 142 Å². The van der Waals surface area contributed by atoms with E-state index in [1.807, 2.05) is 0 Å². The van der Waals surface area contributed by atoms with Gasteiger partial charge in [-0.3, -0.25) is 0 Å². The highest BCUT2D eigenvalue weighted by Gasteiger charge is 2.20. The quantitative estimate of drug-likeness (QED) is 0.560. The molecule has 5 heteroatoms. The molecule has 0 aliphatic rings. The first kappa shape index (κ1) is 22.1. The zero-order chi connectivity index (χ0) is 18.1. The molecule has 0 radical (unpaired) electrons. The first-order valence-corrected chi connectivity index (χ1v) is 10.3. The standard InChI is InChI=1S/C17H30N.CH4O3S/c1-6-15(5)17-12-10-16(11-13-17)14-18(7-2,8-3)9-4;1-5(2,3)4/h10-13,15H,6-9,14H2,1-5H3;1H3,(H,2,3,4)/q+1;/p-1. The fourth-order valence-electron chi connectivity index (χ4n) is 2.58. The van der Waals surface area contributed by atoms with Crippen LogP contribution in [0.5, 0.6) is 0 Å². The van der Waals surface area contributed by atoms with Crippen molar-refractivity contribution < 1.29 is 17.5 Å². The third-order valence-electron chi connectivity index (χ3n) is 4.69. The van der Waals surface area contributed by atoms with Crippen molar-refractivity contribution in [1.82, 2.24) is 0 Å². The van der Waals surface area contributed by atoms with Crippen LogP contribution in [0, 0.1) is 0 Å². The third kappa shape index (κ3) is 9.08. The molecule has 1 atom stereocenters. The molecule has 0 aliphatic heterocycles. The molecule has 0 amide bonds. The van der Waals surface area contributed by atoms with Crippen LogP contribution in [0.25, 0.3) is 0 Å². The SMILES string of the molecule is CCC(C)c1ccc(C[N+](CC)(CC)CC)cc1.CS(=O)(=O)[O-]. The maximum absolute atomic E-state index is 9.08. The number of quaternary nitrogens is 1. The van der Waals surface area contributed by atoms with E-state index in [1.54, 1.807) is 0 Å². The molecular formula is C18H33NO3S. The fraction of sp³-hybridized carbons (Fsp3) is 0.667. The van der Waals surface area contributed by atoms with E-state index < -0.39 is 10.1 Å². The molecule has 134 valence electrons. The van der Waals surface area contributed by atoms with Crippen molar-refractivity contribution in [2.24, 2.45) is 0 Å².